The van der Waals surface area contributed by atoms with Gasteiger partial charge in [0.1, 0.15) is 17.2 Å². The predicted molar refractivity (Wildman–Crippen MR) is 81.3 cm³/mol. The van der Waals surface area contributed by atoms with Crippen LogP contribution in [0, 0.1) is 11.6 Å². The number of carbonyl (C=O) groups is 1. The second-order valence-corrected chi connectivity index (χ2v) is 6.17. The van der Waals surface area contributed by atoms with Gasteiger partial charge in [0.2, 0.25) is 0 Å². The number of rotatable bonds is 5. The van der Waals surface area contributed by atoms with Crippen molar-refractivity contribution in [3.63, 3.8) is 0 Å². The highest BCUT2D eigenvalue weighted by Crippen LogP contribution is 2.19. The Hall–Kier alpha value is -1.01. The van der Waals surface area contributed by atoms with Crippen molar-refractivity contribution in [3.8, 4) is 0 Å². The smallest absolute Gasteiger partial charge is 0.257 e. The van der Waals surface area contributed by atoms with Gasteiger partial charge in [0, 0.05) is 11.0 Å². The monoisotopic (exact) mass is 360 g/mol. The molecule has 0 atom stereocenters. The molecule has 1 fully saturated rings. The number of hydrogen-bond acceptors (Lipinski definition) is 2. The average Bonchev–Trinajstić information content (AvgIpc) is 2.43. The molecular weight excluding hydrogens is 342 g/mol. The van der Waals surface area contributed by atoms with Gasteiger partial charge < -0.3 is 10.2 Å². The summed E-state index contributed by atoms with van der Waals surface area (Å²) in [5, 5.41) is 2.58. The normalized spacial score (nSPS) is 16.0. The molecule has 1 aliphatic rings. The van der Waals surface area contributed by atoms with Crippen LogP contribution < -0.4 is 5.32 Å². The van der Waals surface area contributed by atoms with E-state index in [1.165, 1.54) is 19.3 Å². The maximum Gasteiger partial charge on any atom is 0.257 e. The fourth-order valence-corrected chi connectivity index (χ4v) is 2.94. The number of nitrogens with one attached hydrogen (secondary N) is 1. The van der Waals surface area contributed by atoms with Gasteiger partial charge in [-0.05, 0) is 51.0 Å². The van der Waals surface area contributed by atoms with Crippen molar-refractivity contribution < 1.29 is 13.6 Å². The van der Waals surface area contributed by atoms with Crippen LogP contribution in [0.15, 0.2) is 16.6 Å². The van der Waals surface area contributed by atoms with Crippen LogP contribution in [-0.2, 0) is 0 Å². The highest BCUT2D eigenvalue weighted by atomic mass is 79.9. The first-order chi connectivity index (χ1) is 10.1. The Labute approximate surface area is 131 Å². The Morgan fingerprint density at radius 3 is 2.43 bits per heavy atom. The van der Waals surface area contributed by atoms with E-state index in [0.717, 1.165) is 38.2 Å². The molecule has 1 aromatic carbocycles. The van der Waals surface area contributed by atoms with Crippen molar-refractivity contribution in [2.45, 2.75) is 25.7 Å². The molecule has 0 aliphatic carbocycles. The molecule has 6 heteroatoms. The molecule has 1 amide bonds. The number of carbonyl (C=O) groups excluding carboxylic acids is 1. The first-order valence-electron chi connectivity index (χ1n) is 7.23. The molecule has 0 bridgehead atoms. The minimum Gasteiger partial charge on any atom is -0.352 e. The number of benzene rings is 1. The van der Waals surface area contributed by atoms with Gasteiger partial charge in [-0.15, -0.1) is 0 Å². The minimum absolute atomic E-state index is 0.277. The van der Waals surface area contributed by atoms with Gasteiger partial charge in [0.15, 0.2) is 0 Å². The summed E-state index contributed by atoms with van der Waals surface area (Å²) in [6, 6.07) is 2.18. The Morgan fingerprint density at radius 2 is 1.81 bits per heavy atom. The highest BCUT2D eigenvalue weighted by molar-refractivity contribution is 9.10. The number of amides is 1. The molecule has 0 spiro atoms. The Morgan fingerprint density at radius 1 is 1.19 bits per heavy atom. The average molecular weight is 361 g/mol. The van der Waals surface area contributed by atoms with Gasteiger partial charge >= 0.3 is 0 Å². The lowest BCUT2D eigenvalue weighted by molar-refractivity contribution is 0.0942. The Bertz CT molecular complexity index is 481. The molecule has 0 aromatic heterocycles. The van der Waals surface area contributed by atoms with Crippen molar-refractivity contribution in [3.05, 3.63) is 33.8 Å². The second-order valence-electron chi connectivity index (χ2n) is 5.26. The van der Waals surface area contributed by atoms with E-state index < -0.39 is 23.1 Å². The molecule has 1 saturated heterocycles. The zero-order chi connectivity index (χ0) is 15.2. The summed E-state index contributed by atoms with van der Waals surface area (Å²) in [4.78, 5) is 14.2. The lowest BCUT2D eigenvalue weighted by atomic mass is 10.1. The molecule has 1 aromatic rings. The molecular formula is C15H19BrF2N2O. The summed E-state index contributed by atoms with van der Waals surface area (Å²) < 4.78 is 27.5. The summed E-state index contributed by atoms with van der Waals surface area (Å²) in [5.74, 6) is -2.40. The molecule has 3 nitrogen and oxygen atoms in total. The highest BCUT2D eigenvalue weighted by Gasteiger charge is 2.18. The minimum atomic E-state index is -0.851. The molecule has 21 heavy (non-hydrogen) atoms. The predicted octanol–water partition coefficient (Wildman–Crippen LogP) is 3.33. The SMILES string of the molecule is O=C(NCCCN1CCCCC1)c1c(F)cc(Br)cc1F. The Balaban J connectivity index is 1.79. The third-order valence-electron chi connectivity index (χ3n) is 3.62. The van der Waals surface area contributed by atoms with Crippen LogP contribution in [0.4, 0.5) is 8.78 Å². The van der Waals surface area contributed by atoms with Crippen LogP contribution in [-0.4, -0.2) is 37.0 Å². The van der Waals surface area contributed by atoms with Crippen molar-refractivity contribution in [2.24, 2.45) is 0 Å². The summed E-state index contributed by atoms with van der Waals surface area (Å²) in [5.41, 5.74) is -0.517. The van der Waals surface area contributed by atoms with Gasteiger partial charge in [-0.2, -0.15) is 0 Å². The summed E-state index contributed by atoms with van der Waals surface area (Å²) in [6.07, 6.45) is 4.52. The number of likely N-dealkylation sites (tertiary alicyclic amines) is 1. The summed E-state index contributed by atoms with van der Waals surface area (Å²) in [7, 11) is 0. The molecule has 116 valence electrons. The van der Waals surface area contributed by atoms with Gasteiger partial charge in [-0.25, -0.2) is 8.78 Å². The Kier molecular flexibility index (Phi) is 6.11. The maximum atomic E-state index is 13.6. The van der Waals surface area contributed by atoms with Crippen molar-refractivity contribution in [1.82, 2.24) is 10.2 Å². The molecule has 0 saturated carbocycles. The van der Waals surface area contributed by atoms with E-state index >= 15 is 0 Å². The summed E-state index contributed by atoms with van der Waals surface area (Å²) >= 11 is 2.99. The third-order valence-corrected chi connectivity index (χ3v) is 4.08. The number of nitrogens with zero attached hydrogens (tertiary/aromatic N) is 1. The van der Waals surface area contributed by atoms with E-state index in [-0.39, 0.29) is 4.47 Å². The van der Waals surface area contributed by atoms with Crippen LogP contribution >= 0.6 is 15.9 Å². The zero-order valence-corrected chi connectivity index (χ0v) is 13.4. The fraction of sp³-hybridized carbons (Fsp3) is 0.533. The van der Waals surface area contributed by atoms with E-state index in [9.17, 15) is 13.6 Å². The third kappa shape index (κ3) is 4.74. The van der Waals surface area contributed by atoms with Crippen LogP contribution in [0.1, 0.15) is 36.0 Å². The molecule has 0 radical (unpaired) electrons. The van der Waals surface area contributed by atoms with Gasteiger partial charge in [-0.3, -0.25) is 4.79 Å². The molecule has 1 aliphatic heterocycles. The number of piperidine rings is 1. The van der Waals surface area contributed by atoms with Crippen LogP contribution in [0.25, 0.3) is 0 Å². The van der Waals surface area contributed by atoms with E-state index in [1.807, 2.05) is 0 Å². The van der Waals surface area contributed by atoms with E-state index in [2.05, 4.69) is 26.1 Å². The van der Waals surface area contributed by atoms with Crippen molar-refractivity contribution in [1.29, 1.82) is 0 Å². The van der Waals surface area contributed by atoms with Crippen LogP contribution in [0.3, 0.4) is 0 Å². The maximum absolute atomic E-state index is 13.6. The second kappa shape index (κ2) is 7.84. The van der Waals surface area contributed by atoms with Gasteiger partial charge in [-0.1, -0.05) is 22.4 Å². The fourth-order valence-electron chi connectivity index (χ4n) is 2.54. The van der Waals surface area contributed by atoms with Gasteiger partial charge in [0.05, 0.1) is 0 Å². The van der Waals surface area contributed by atoms with E-state index in [4.69, 9.17) is 0 Å². The van der Waals surface area contributed by atoms with Crippen LogP contribution in [0.5, 0.6) is 0 Å². The number of halogens is 3. The standard InChI is InChI=1S/C15H19BrF2N2O/c16-11-9-12(17)14(13(18)10-11)15(21)19-5-4-8-20-6-2-1-3-7-20/h9-10H,1-8H2,(H,19,21). The number of hydrogen-bond donors (Lipinski definition) is 1. The first kappa shape index (κ1) is 16.4. The molecule has 1 N–H and O–H groups in total. The van der Waals surface area contributed by atoms with Crippen molar-refractivity contribution in [2.75, 3.05) is 26.2 Å². The lowest BCUT2D eigenvalue weighted by Gasteiger charge is -2.26. The first-order valence-corrected chi connectivity index (χ1v) is 8.02. The summed E-state index contributed by atoms with van der Waals surface area (Å²) in [6.45, 7) is 3.53. The molecule has 2 rings (SSSR count). The molecule has 1 heterocycles. The lowest BCUT2D eigenvalue weighted by Crippen LogP contribution is -2.33. The largest absolute Gasteiger partial charge is 0.352 e. The van der Waals surface area contributed by atoms with E-state index in [1.54, 1.807) is 0 Å². The quantitative estimate of drug-likeness (QED) is 0.816. The van der Waals surface area contributed by atoms with Gasteiger partial charge in [0.25, 0.3) is 5.91 Å². The topological polar surface area (TPSA) is 32.3 Å². The molecule has 0 unspecified atom stereocenters. The van der Waals surface area contributed by atoms with Crippen LogP contribution in [0.2, 0.25) is 0 Å². The van der Waals surface area contributed by atoms with Crippen molar-refractivity contribution >= 4 is 21.8 Å². The zero-order valence-electron chi connectivity index (χ0n) is 11.8. The van der Waals surface area contributed by atoms with E-state index in [0.29, 0.717) is 6.54 Å².